The van der Waals surface area contributed by atoms with Gasteiger partial charge < -0.3 is 4.98 Å². The van der Waals surface area contributed by atoms with Crippen LogP contribution < -0.4 is 0 Å². The van der Waals surface area contributed by atoms with Gasteiger partial charge in [-0.15, -0.1) is 0 Å². The van der Waals surface area contributed by atoms with E-state index in [9.17, 15) is 13.2 Å². The van der Waals surface area contributed by atoms with Crippen molar-refractivity contribution in [2.45, 2.75) is 52.6 Å². The SMILES string of the molecule is Cc1cc(-c2ccccc2C(F)(F)F)cc2nc(C=CC3CCC(C)(C)CC3)[nH]c12. The molecule has 1 N–H and O–H groups in total. The van der Waals surface area contributed by atoms with Crippen molar-refractivity contribution >= 4 is 17.1 Å². The first kappa shape index (κ1) is 20.7. The average molecular weight is 412 g/mol. The molecule has 30 heavy (non-hydrogen) atoms. The summed E-state index contributed by atoms with van der Waals surface area (Å²) in [5.41, 5.74) is 2.96. The Bertz CT molecular complexity index is 1080. The number of hydrogen-bond donors (Lipinski definition) is 1. The second kappa shape index (κ2) is 7.60. The van der Waals surface area contributed by atoms with Crippen LogP contribution in [0.4, 0.5) is 13.2 Å². The van der Waals surface area contributed by atoms with E-state index in [1.54, 1.807) is 18.2 Å². The van der Waals surface area contributed by atoms with Crippen molar-refractivity contribution in [2.24, 2.45) is 11.3 Å². The van der Waals surface area contributed by atoms with Crippen LogP contribution in [0.5, 0.6) is 0 Å². The first-order valence-electron chi connectivity index (χ1n) is 10.5. The summed E-state index contributed by atoms with van der Waals surface area (Å²) >= 11 is 0. The van der Waals surface area contributed by atoms with E-state index in [-0.39, 0.29) is 5.56 Å². The van der Waals surface area contributed by atoms with Crippen LogP contribution in [-0.2, 0) is 6.18 Å². The fourth-order valence-corrected chi connectivity index (χ4v) is 4.36. The molecule has 1 fully saturated rings. The number of aryl methyl sites for hydroxylation is 1. The third kappa shape index (κ3) is 4.30. The predicted octanol–water partition coefficient (Wildman–Crippen LogP) is 7.79. The number of halogens is 3. The zero-order valence-electron chi connectivity index (χ0n) is 17.6. The molecule has 0 radical (unpaired) electrons. The number of nitrogens with one attached hydrogen (secondary N) is 1. The minimum Gasteiger partial charge on any atom is -0.338 e. The van der Waals surface area contributed by atoms with Crippen molar-refractivity contribution in [3.63, 3.8) is 0 Å². The lowest BCUT2D eigenvalue weighted by molar-refractivity contribution is -0.137. The summed E-state index contributed by atoms with van der Waals surface area (Å²) in [7, 11) is 0. The van der Waals surface area contributed by atoms with Crippen LogP contribution in [0.1, 0.15) is 56.5 Å². The predicted molar refractivity (Wildman–Crippen MR) is 116 cm³/mol. The molecule has 0 saturated heterocycles. The number of aromatic amines is 1. The normalized spacial score (nSPS) is 17.8. The fraction of sp³-hybridized carbons (Fsp3) is 0.400. The number of imidazole rings is 1. The third-order valence-electron chi connectivity index (χ3n) is 6.26. The highest BCUT2D eigenvalue weighted by atomic mass is 19.4. The van der Waals surface area contributed by atoms with E-state index < -0.39 is 11.7 Å². The number of alkyl halides is 3. The van der Waals surface area contributed by atoms with E-state index in [0.29, 0.717) is 22.4 Å². The van der Waals surface area contributed by atoms with Gasteiger partial charge in [0.2, 0.25) is 0 Å². The maximum Gasteiger partial charge on any atom is 0.417 e. The molecule has 0 aliphatic heterocycles. The molecule has 3 aromatic rings. The molecule has 158 valence electrons. The summed E-state index contributed by atoms with van der Waals surface area (Å²) in [6.45, 7) is 6.55. The minimum absolute atomic E-state index is 0.180. The Morgan fingerprint density at radius 3 is 2.50 bits per heavy atom. The topological polar surface area (TPSA) is 28.7 Å². The third-order valence-corrected chi connectivity index (χ3v) is 6.26. The molecule has 0 bridgehead atoms. The fourth-order valence-electron chi connectivity index (χ4n) is 4.36. The lowest BCUT2D eigenvalue weighted by atomic mass is 9.73. The number of H-pyrrole nitrogens is 1. The Balaban J connectivity index is 1.64. The molecule has 0 atom stereocenters. The summed E-state index contributed by atoms with van der Waals surface area (Å²) < 4.78 is 40.3. The molecule has 1 aliphatic rings. The Hall–Kier alpha value is -2.56. The van der Waals surface area contributed by atoms with Crippen LogP contribution >= 0.6 is 0 Å². The van der Waals surface area contributed by atoms with Crippen LogP contribution in [0.3, 0.4) is 0 Å². The molecule has 1 saturated carbocycles. The zero-order valence-corrected chi connectivity index (χ0v) is 17.6. The van der Waals surface area contributed by atoms with Gasteiger partial charge in [-0.2, -0.15) is 13.2 Å². The van der Waals surface area contributed by atoms with Gasteiger partial charge in [0.05, 0.1) is 16.6 Å². The molecule has 0 unspecified atom stereocenters. The van der Waals surface area contributed by atoms with Crippen LogP contribution in [0.25, 0.3) is 28.2 Å². The number of allylic oxidation sites excluding steroid dienone is 1. The van der Waals surface area contributed by atoms with Crippen LogP contribution in [0.15, 0.2) is 42.5 Å². The first-order valence-corrected chi connectivity index (χ1v) is 10.5. The lowest BCUT2D eigenvalue weighted by Gasteiger charge is -2.32. The van der Waals surface area contributed by atoms with Crippen molar-refractivity contribution < 1.29 is 13.2 Å². The highest BCUT2D eigenvalue weighted by Gasteiger charge is 2.33. The Labute approximate surface area is 175 Å². The van der Waals surface area contributed by atoms with E-state index in [1.807, 2.05) is 13.0 Å². The molecular weight excluding hydrogens is 385 g/mol. The number of nitrogens with zero attached hydrogens (tertiary/aromatic N) is 1. The molecule has 1 heterocycles. The van der Waals surface area contributed by atoms with Gasteiger partial charge in [0, 0.05) is 0 Å². The van der Waals surface area contributed by atoms with Crippen LogP contribution in [0.2, 0.25) is 0 Å². The quantitative estimate of drug-likeness (QED) is 0.467. The number of benzene rings is 2. The van der Waals surface area contributed by atoms with E-state index >= 15 is 0 Å². The maximum atomic E-state index is 13.4. The maximum absolute atomic E-state index is 13.4. The molecular formula is C25H27F3N2. The molecule has 0 amide bonds. The smallest absolute Gasteiger partial charge is 0.338 e. The Morgan fingerprint density at radius 2 is 1.80 bits per heavy atom. The molecule has 4 rings (SSSR count). The van der Waals surface area contributed by atoms with Crippen LogP contribution in [0, 0.1) is 18.3 Å². The van der Waals surface area contributed by atoms with Crippen LogP contribution in [-0.4, -0.2) is 9.97 Å². The average Bonchev–Trinajstić information content (AvgIpc) is 3.10. The molecule has 2 aromatic carbocycles. The molecule has 1 aliphatic carbocycles. The molecule has 0 spiro atoms. The van der Waals surface area contributed by atoms with Crippen molar-refractivity contribution in [3.05, 3.63) is 59.4 Å². The number of aromatic nitrogens is 2. The number of rotatable bonds is 3. The summed E-state index contributed by atoms with van der Waals surface area (Å²) in [6.07, 6.45) is 4.66. The molecule has 2 nitrogen and oxygen atoms in total. The van der Waals surface area contributed by atoms with Gasteiger partial charge in [-0.3, -0.25) is 0 Å². The first-order chi connectivity index (χ1) is 14.1. The van der Waals surface area contributed by atoms with Gasteiger partial charge in [0.15, 0.2) is 0 Å². The lowest BCUT2D eigenvalue weighted by Crippen LogP contribution is -2.20. The zero-order chi connectivity index (χ0) is 21.5. The minimum atomic E-state index is -4.40. The van der Waals surface area contributed by atoms with E-state index in [2.05, 4.69) is 29.9 Å². The monoisotopic (exact) mass is 412 g/mol. The standard InChI is InChI=1S/C25H27F3N2/c1-16-14-18(19-6-4-5-7-20(19)25(26,27)28)15-21-23(16)30-22(29-21)9-8-17-10-12-24(2,3)13-11-17/h4-9,14-15,17H,10-13H2,1-3H3,(H,29,30). The van der Waals surface area contributed by atoms with Crippen molar-refractivity contribution in [2.75, 3.05) is 0 Å². The van der Waals surface area contributed by atoms with Gasteiger partial charge in [-0.25, -0.2) is 4.98 Å². The van der Waals surface area contributed by atoms with Gasteiger partial charge in [0.25, 0.3) is 0 Å². The summed E-state index contributed by atoms with van der Waals surface area (Å²) in [5, 5.41) is 0. The second-order valence-corrected chi connectivity index (χ2v) is 9.21. The van der Waals surface area contributed by atoms with Gasteiger partial charge in [-0.05, 0) is 84.9 Å². The summed E-state index contributed by atoms with van der Waals surface area (Å²) in [4.78, 5) is 7.96. The van der Waals surface area contributed by atoms with Crippen molar-refractivity contribution in [1.29, 1.82) is 0 Å². The van der Waals surface area contributed by atoms with E-state index in [1.165, 1.54) is 37.8 Å². The highest BCUT2D eigenvalue weighted by molar-refractivity contribution is 5.86. The molecule has 5 heteroatoms. The Kier molecular flexibility index (Phi) is 5.25. The van der Waals surface area contributed by atoms with Gasteiger partial charge >= 0.3 is 6.18 Å². The van der Waals surface area contributed by atoms with Gasteiger partial charge in [0.1, 0.15) is 5.82 Å². The number of hydrogen-bond acceptors (Lipinski definition) is 1. The summed E-state index contributed by atoms with van der Waals surface area (Å²) in [5.74, 6) is 1.31. The van der Waals surface area contributed by atoms with Crippen molar-refractivity contribution in [3.8, 4) is 11.1 Å². The van der Waals surface area contributed by atoms with Crippen molar-refractivity contribution in [1.82, 2.24) is 9.97 Å². The highest BCUT2D eigenvalue weighted by Crippen LogP contribution is 2.39. The Morgan fingerprint density at radius 1 is 1.10 bits per heavy atom. The number of fused-ring (bicyclic) bond motifs is 1. The second-order valence-electron chi connectivity index (χ2n) is 9.21. The summed E-state index contributed by atoms with van der Waals surface area (Å²) in [6, 6.07) is 9.22. The largest absolute Gasteiger partial charge is 0.417 e. The van der Waals surface area contributed by atoms with E-state index in [0.717, 1.165) is 23.0 Å². The molecule has 1 aromatic heterocycles. The van der Waals surface area contributed by atoms with E-state index in [4.69, 9.17) is 0 Å². The van der Waals surface area contributed by atoms with Gasteiger partial charge in [-0.1, -0.05) is 38.1 Å².